The van der Waals surface area contributed by atoms with Crippen molar-refractivity contribution in [1.82, 2.24) is 0 Å². The molecule has 0 amide bonds. The highest BCUT2D eigenvalue weighted by atomic mass is 32.1. The highest BCUT2D eigenvalue weighted by molar-refractivity contribution is 7.11. The third kappa shape index (κ3) is 3.19. The van der Waals surface area contributed by atoms with Gasteiger partial charge in [-0.2, -0.15) is 5.26 Å². The third-order valence-corrected chi connectivity index (χ3v) is 4.47. The normalized spacial score (nSPS) is 11.1. The maximum atomic E-state index is 9.52. The van der Waals surface area contributed by atoms with E-state index >= 15 is 0 Å². The van der Waals surface area contributed by atoms with E-state index in [1.165, 1.54) is 11.3 Å². The minimum atomic E-state index is 0.588. The van der Waals surface area contributed by atoms with Gasteiger partial charge < -0.3 is 13.9 Å². The van der Waals surface area contributed by atoms with Crippen LogP contribution in [0.5, 0.6) is 11.5 Å². The van der Waals surface area contributed by atoms with Crippen molar-refractivity contribution >= 4 is 23.0 Å². The molecule has 120 valence electrons. The Morgan fingerprint density at radius 2 is 2.00 bits per heavy atom. The van der Waals surface area contributed by atoms with Crippen molar-refractivity contribution in [2.45, 2.75) is 0 Å². The summed E-state index contributed by atoms with van der Waals surface area (Å²) in [6.07, 6.45) is 3.47. The van der Waals surface area contributed by atoms with E-state index in [2.05, 4.69) is 6.07 Å². The molecule has 0 bridgehead atoms. The molecule has 0 radical (unpaired) electrons. The van der Waals surface area contributed by atoms with Crippen molar-refractivity contribution < 1.29 is 13.9 Å². The van der Waals surface area contributed by atoms with E-state index in [0.29, 0.717) is 17.1 Å². The lowest BCUT2D eigenvalue weighted by atomic mass is 10.1. The Morgan fingerprint density at radius 1 is 1.17 bits per heavy atom. The van der Waals surface area contributed by atoms with E-state index < -0.39 is 0 Å². The maximum absolute atomic E-state index is 9.52. The van der Waals surface area contributed by atoms with Gasteiger partial charge in [-0.1, -0.05) is 6.07 Å². The lowest BCUT2D eigenvalue weighted by molar-refractivity contribution is 0.355. The molecule has 5 heteroatoms. The minimum absolute atomic E-state index is 0.588. The molecule has 3 rings (SSSR count). The van der Waals surface area contributed by atoms with Gasteiger partial charge in [-0.3, -0.25) is 0 Å². The van der Waals surface area contributed by atoms with Crippen molar-refractivity contribution in [2.75, 3.05) is 14.2 Å². The first kappa shape index (κ1) is 15.9. The number of ether oxygens (including phenoxy) is 2. The zero-order chi connectivity index (χ0) is 16.9. The molecule has 0 spiro atoms. The first-order valence-electron chi connectivity index (χ1n) is 7.21. The highest BCUT2D eigenvalue weighted by Crippen LogP contribution is 2.33. The second-order valence-corrected chi connectivity index (χ2v) is 5.87. The lowest BCUT2D eigenvalue weighted by Crippen LogP contribution is -1.90. The molecule has 0 aliphatic carbocycles. The smallest absolute Gasteiger partial charge is 0.161 e. The number of nitriles is 1. The Balaban J connectivity index is 1.94. The maximum Gasteiger partial charge on any atom is 0.161 e. The largest absolute Gasteiger partial charge is 0.493 e. The van der Waals surface area contributed by atoms with Gasteiger partial charge in [0.1, 0.15) is 11.8 Å². The van der Waals surface area contributed by atoms with Crippen molar-refractivity contribution in [3.8, 4) is 28.9 Å². The molecule has 0 saturated carbocycles. The number of nitrogens with zero attached hydrogens (tertiary/aromatic N) is 1. The molecule has 0 aliphatic heterocycles. The number of benzene rings is 1. The fourth-order valence-corrected chi connectivity index (χ4v) is 3.18. The van der Waals surface area contributed by atoms with Gasteiger partial charge in [0.15, 0.2) is 11.5 Å². The SMILES string of the molecule is COc1ccc(/C=C(\C#N)c2cc(-c3ccco3)cs2)cc1OC. The summed E-state index contributed by atoms with van der Waals surface area (Å²) in [6, 6.07) is 13.5. The summed E-state index contributed by atoms with van der Waals surface area (Å²) in [5.74, 6) is 2.08. The number of allylic oxidation sites excluding steroid dienone is 1. The molecule has 3 aromatic rings. The predicted octanol–water partition coefficient (Wildman–Crippen LogP) is 5.09. The van der Waals surface area contributed by atoms with E-state index in [4.69, 9.17) is 13.9 Å². The van der Waals surface area contributed by atoms with Gasteiger partial charge in [-0.05, 0) is 42.0 Å². The second-order valence-electron chi connectivity index (χ2n) is 4.96. The van der Waals surface area contributed by atoms with Crippen LogP contribution in [0.15, 0.2) is 52.5 Å². The van der Waals surface area contributed by atoms with E-state index in [-0.39, 0.29) is 0 Å². The van der Waals surface area contributed by atoms with Crippen LogP contribution < -0.4 is 9.47 Å². The Hall–Kier alpha value is -2.97. The molecule has 2 aromatic heterocycles. The molecular weight excluding hydrogens is 322 g/mol. The van der Waals surface area contributed by atoms with Crippen LogP contribution in [0, 0.1) is 11.3 Å². The van der Waals surface area contributed by atoms with Crippen LogP contribution in [-0.4, -0.2) is 14.2 Å². The molecule has 0 aliphatic rings. The molecule has 0 N–H and O–H groups in total. The Labute approximate surface area is 144 Å². The molecule has 0 saturated heterocycles. The molecule has 24 heavy (non-hydrogen) atoms. The average Bonchev–Trinajstić information content (AvgIpc) is 3.30. The number of thiophene rings is 1. The molecule has 0 fully saturated rings. The predicted molar refractivity (Wildman–Crippen MR) is 95.1 cm³/mol. The lowest BCUT2D eigenvalue weighted by Gasteiger charge is -2.07. The molecule has 1 aromatic carbocycles. The minimum Gasteiger partial charge on any atom is -0.493 e. The quantitative estimate of drug-likeness (QED) is 0.609. The number of furan rings is 1. The highest BCUT2D eigenvalue weighted by Gasteiger charge is 2.10. The molecule has 2 heterocycles. The summed E-state index contributed by atoms with van der Waals surface area (Å²) < 4.78 is 15.9. The monoisotopic (exact) mass is 337 g/mol. The van der Waals surface area contributed by atoms with Crippen LogP contribution in [0.25, 0.3) is 23.0 Å². The van der Waals surface area contributed by atoms with Gasteiger partial charge in [0.25, 0.3) is 0 Å². The number of rotatable bonds is 5. The summed E-state index contributed by atoms with van der Waals surface area (Å²) >= 11 is 1.51. The van der Waals surface area contributed by atoms with Gasteiger partial charge in [0.2, 0.25) is 0 Å². The van der Waals surface area contributed by atoms with E-state index in [1.54, 1.807) is 20.5 Å². The van der Waals surface area contributed by atoms with E-state index in [0.717, 1.165) is 21.8 Å². The summed E-state index contributed by atoms with van der Waals surface area (Å²) in [5, 5.41) is 11.5. The van der Waals surface area contributed by atoms with Crippen molar-refractivity contribution in [3.05, 3.63) is 58.5 Å². The topological polar surface area (TPSA) is 55.4 Å². The van der Waals surface area contributed by atoms with Crippen molar-refractivity contribution in [2.24, 2.45) is 0 Å². The fraction of sp³-hybridized carbons (Fsp3) is 0.105. The molecular formula is C19H15NO3S. The van der Waals surface area contributed by atoms with E-state index in [1.807, 2.05) is 47.9 Å². The first-order chi connectivity index (χ1) is 11.7. The fourth-order valence-electron chi connectivity index (χ4n) is 2.32. The summed E-state index contributed by atoms with van der Waals surface area (Å²) in [5.41, 5.74) is 2.43. The van der Waals surface area contributed by atoms with Gasteiger partial charge >= 0.3 is 0 Å². The number of hydrogen-bond acceptors (Lipinski definition) is 5. The molecule has 4 nitrogen and oxygen atoms in total. The van der Waals surface area contributed by atoms with Crippen LogP contribution in [0.1, 0.15) is 10.4 Å². The summed E-state index contributed by atoms with van der Waals surface area (Å²) in [6.45, 7) is 0. The van der Waals surface area contributed by atoms with Gasteiger partial charge in [0, 0.05) is 15.8 Å². The standard InChI is InChI=1S/C19H15NO3S/c1-21-17-6-5-13(9-18(17)22-2)8-14(11-20)19-10-15(12-24-19)16-4-3-7-23-16/h3-10,12H,1-2H3/b14-8+. The zero-order valence-electron chi connectivity index (χ0n) is 13.3. The molecule has 0 unspecified atom stereocenters. The third-order valence-electron chi connectivity index (χ3n) is 3.51. The van der Waals surface area contributed by atoms with Crippen LogP contribution in [0.4, 0.5) is 0 Å². The first-order valence-corrected chi connectivity index (χ1v) is 8.09. The Kier molecular flexibility index (Phi) is 4.69. The van der Waals surface area contributed by atoms with E-state index in [9.17, 15) is 5.26 Å². The van der Waals surface area contributed by atoms with Crippen molar-refractivity contribution in [3.63, 3.8) is 0 Å². The summed E-state index contributed by atoms with van der Waals surface area (Å²) in [7, 11) is 3.18. The Bertz CT molecular complexity index is 901. The van der Waals surface area contributed by atoms with Crippen LogP contribution in [0.3, 0.4) is 0 Å². The number of hydrogen-bond donors (Lipinski definition) is 0. The van der Waals surface area contributed by atoms with Gasteiger partial charge in [-0.15, -0.1) is 11.3 Å². The second kappa shape index (κ2) is 7.07. The van der Waals surface area contributed by atoms with Crippen molar-refractivity contribution in [1.29, 1.82) is 5.26 Å². The van der Waals surface area contributed by atoms with Crippen LogP contribution in [0.2, 0.25) is 0 Å². The Morgan fingerprint density at radius 3 is 2.67 bits per heavy atom. The zero-order valence-corrected chi connectivity index (χ0v) is 14.1. The van der Waals surface area contributed by atoms with Gasteiger partial charge in [-0.25, -0.2) is 0 Å². The average molecular weight is 337 g/mol. The molecule has 0 atom stereocenters. The number of methoxy groups -OCH3 is 2. The van der Waals surface area contributed by atoms with Crippen LogP contribution in [-0.2, 0) is 0 Å². The summed E-state index contributed by atoms with van der Waals surface area (Å²) in [4.78, 5) is 0.888. The van der Waals surface area contributed by atoms with Crippen LogP contribution >= 0.6 is 11.3 Å². The van der Waals surface area contributed by atoms with Gasteiger partial charge in [0.05, 0.1) is 26.1 Å².